The predicted octanol–water partition coefficient (Wildman–Crippen LogP) is 4.90. The van der Waals surface area contributed by atoms with Crippen molar-refractivity contribution >= 4 is 18.4 Å². The Morgan fingerprint density at radius 1 is 1.03 bits per heavy atom. The monoisotopic (exact) mass is 453 g/mol. The van der Waals surface area contributed by atoms with E-state index in [1.807, 2.05) is 42.5 Å². The van der Waals surface area contributed by atoms with Gasteiger partial charge in [-0.15, -0.1) is 12.4 Å². The molecule has 3 aromatic rings. The molecular formula is C26H28ClNO4. The zero-order chi connectivity index (χ0) is 22.1. The summed E-state index contributed by atoms with van der Waals surface area (Å²) in [6.45, 7) is 5.11. The quantitative estimate of drug-likeness (QED) is 0.284. The molecule has 0 fully saturated rings. The number of nitrogens with one attached hydrogen (secondary N) is 1. The van der Waals surface area contributed by atoms with Crippen molar-refractivity contribution in [1.82, 2.24) is 5.32 Å². The van der Waals surface area contributed by atoms with Gasteiger partial charge >= 0.3 is 5.97 Å². The highest BCUT2D eigenvalue weighted by atomic mass is 35.5. The van der Waals surface area contributed by atoms with Crippen molar-refractivity contribution in [2.75, 3.05) is 19.7 Å². The maximum absolute atomic E-state index is 11.4. The number of aliphatic hydroxyl groups excluding tert-OH is 1. The van der Waals surface area contributed by atoms with Gasteiger partial charge in [0.25, 0.3) is 0 Å². The molecule has 0 bridgehead atoms. The maximum atomic E-state index is 11.4. The zero-order valence-electron chi connectivity index (χ0n) is 17.7. The first-order valence-corrected chi connectivity index (χ1v) is 10.2. The number of halogens is 1. The van der Waals surface area contributed by atoms with Gasteiger partial charge in [-0.1, -0.05) is 73.3 Å². The summed E-state index contributed by atoms with van der Waals surface area (Å²) < 4.78 is 5.52. The standard InChI is InChI=1S/C26H27NO4.ClH/c1-2-16-31-25-17-22(12-13-23(25)26(29)30)20-10-8-19(9-11-20)14-15-27-18-24(28)21-6-4-3-5-7-21;/h2-13,17,24,27-28H,1,14-16,18H2,(H,29,30);1H/t24-;/m0./s1. The summed E-state index contributed by atoms with van der Waals surface area (Å²) >= 11 is 0. The van der Waals surface area contributed by atoms with E-state index in [9.17, 15) is 15.0 Å². The highest BCUT2D eigenvalue weighted by Crippen LogP contribution is 2.28. The average molecular weight is 454 g/mol. The van der Waals surface area contributed by atoms with Gasteiger partial charge in [-0.3, -0.25) is 0 Å². The molecule has 3 aromatic carbocycles. The van der Waals surface area contributed by atoms with Crippen molar-refractivity contribution in [1.29, 1.82) is 0 Å². The van der Waals surface area contributed by atoms with E-state index in [1.165, 1.54) is 5.56 Å². The molecule has 0 radical (unpaired) electrons. The minimum Gasteiger partial charge on any atom is -0.489 e. The molecule has 0 aliphatic rings. The van der Waals surface area contributed by atoms with Crippen LogP contribution in [0.5, 0.6) is 5.75 Å². The van der Waals surface area contributed by atoms with E-state index >= 15 is 0 Å². The van der Waals surface area contributed by atoms with Crippen LogP contribution in [0.3, 0.4) is 0 Å². The third-order valence-electron chi connectivity index (χ3n) is 4.97. The van der Waals surface area contributed by atoms with Gasteiger partial charge in [-0.05, 0) is 47.4 Å². The van der Waals surface area contributed by atoms with Gasteiger partial charge < -0.3 is 20.3 Å². The van der Waals surface area contributed by atoms with Crippen molar-refractivity contribution in [2.45, 2.75) is 12.5 Å². The number of ether oxygens (including phenoxy) is 1. The van der Waals surface area contributed by atoms with E-state index in [-0.39, 0.29) is 24.6 Å². The van der Waals surface area contributed by atoms with Gasteiger partial charge in [0.05, 0.1) is 6.10 Å². The van der Waals surface area contributed by atoms with Crippen LogP contribution in [0.4, 0.5) is 0 Å². The van der Waals surface area contributed by atoms with E-state index in [1.54, 1.807) is 24.3 Å². The molecule has 3 N–H and O–H groups in total. The van der Waals surface area contributed by atoms with E-state index in [2.05, 4.69) is 24.0 Å². The largest absolute Gasteiger partial charge is 0.489 e. The van der Waals surface area contributed by atoms with Crippen molar-refractivity contribution in [3.05, 3.63) is 102 Å². The smallest absolute Gasteiger partial charge is 0.339 e. The SMILES string of the molecule is C=CCOc1cc(-c2ccc(CCNC[C@H](O)c3ccccc3)cc2)ccc1C(=O)O.Cl. The van der Waals surface area contributed by atoms with Crippen LogP contribution in [0.15, 0.2) is 85.5 Å². The fourth-order valence-corrected chi connectivity index (χ4v) is 3.28. The second kappa shape index (κ2) is 12.7. The molecule has 6 heteroatoms. The molecule has 0 aromatic heterocycles. The Morgan fingerprint density at radius 2 is 1.72 bits per heavy atom. The molecule has 168 valence electrons. The second-order valence-corrected chi connectivity index (χ2v) is 7.19. The molecule has 5 nitrogen and oxygen atoms in total. The molecule has 0 spiro atoms. The molecule has 0 heterocycles. The number of hydrogen-bond acceptors (Lipinski definition) is 4. The van der Waals surface area contributed by atoms with Crippen molar-refractivity contribution in [3.63, 3.8) is 0 Å². The van der Waals surface area contributed by atoms with Crippen LogP contribution in [-0.2, 0) is 6.42 Å². The van der Waals surface area contributed by atoms with Gasteiger partial charge in [0.15, 0.2) is 0 Å². The minimum absolute atomic E-state index is 0. The van der Waals surface area contributed by atoms with Crippen molar-refractivity contribution in [2.24, 2.45) is 0 Å². The van der Waals surface area contributed by atoms with Gasteiger partial charge in [0.1, 0.15) is 17.9 Å². The molecule has 0 aliphatic carbocycles. The predicted molar refractivity (Wildman–Crippen MR) is 130 cm³/mol. The van der Waals surface area contributed by atoms with Gasteiger partial charge in [-0.25, -0.2) is 4.79 Å². The minimum atomic E-state index is -1.02. The lowest BCUT2D eigenvalue weighted by Gasteiger charge is -2.12. The lowest BCUT2D eigenvalue weighted by atomic mass is 10.0. The first-order valence-electron chi connectivity index (χ1n) is 10.2. The van der Waals surface area contributed by atoms with Crippen LogP contribution in [0.1, 0.15) is 27.6 Å². The number of carboxylic acid groups (broad SMARTS) is 1. The summed E-state index contributed by atoms with van der Waals surface area (Å²) in [7, 11) is 0. The van der Waals surface area contributed by atoms with Crippen LogP contribution in [0.25, 0.3) is 11.1 Å². The highest BCUT2D eigenvalue weighted by molar-refractivity contribution is 5.92. The molecule has 0 unspecified atom stereocenters. The summed E-state index contributed by atoms with van der Waals surface area (Å²) in [4.78, 5) is 11.4. The van der Waals surface area contributed by atoms with E-state index in [0.717, 1.165) is 29.7 Å². The molecule has 0 amide bonds. The third kappa shape index (κ3) is 6.95. The number of benzene rings is 3. The highest BCUT2D eigenvalue weighted by Gasteiger charge is 2.13. The van der Waals surface area contributed by atoms with Crippen LogP contribution < -0.4 is 10.1 Å². The molecule has 32 heavy (non-hydrogen) atoms. The van der Waals surface area contributed by atoms with E-state index in [0.29, 0.717) is 12.3 Å². The Hall–Kier alpha value is -3.12. The Balaban J connectivity index is 0.00000363. The lowest BCUT2D eigenvalue weighted by molar-refractivity contribution is 0.0693. The first-order chi connectivity index (χ1) is 15.1. The zero-order valence-corrected chi connectivity index (χ0v) is 18.6. The van der Waals surface area contributed by atoms with Crippen LogP contribution in [-0.4, -0.2) is 35.9 Å². The fraction of sp³-hybridized carbons (Fsp3) is 0.192. The maximum Gasteiger partial charge on any atom is 0.339 e. The van der Waals surface area contributed by atoms with E-state index in [4.69, 9.17) is 4.74 Å². The topological polar surface area (TPSA) is 78.8 Å². The van der Waals surface area contributed by atoms with Crippen LogP contribution in [0.2, 0.25) is 0 Å². The number of aromatic carboxylic acids is 1. The number of aliphatic hydroxyl groups is 1. The second-order valence-electron chi connectivity index (χ2n) is 7.19. The molecular weight excluding hydrogens is 426 g/mol. The Labute approximate surface area is 194 Å². The summed E-state index contributed by atoms with van der Waals surface area (Å²) in [6, 6.07) is 22.8. The number of hydrogen-bond donors (Lipinski definition) is 3. The fourth-order valence-electron chi connectivity index (χ4n) is 3.28. The normalized spacial score (nSPS) is 11.3. The van der Waals surface area contributed by atoms with Gasteiger partial charge in [0, 0.05) is 6.54 Å². The summed E-state index contributed by atoms with van der Waals surface area (Å²) in [5.74, 6) is -0.694. The Morgan fingerprint density at radius 3 is 2.38 bits per heavy atom. The molecule has 0 saturated heterocycles. The van der Waals surface area contributed by atoms with Crippen LogP contribution in [0, 0.1) is 0 Å². The number of carbonyl (C=O) groups is 1. The van der Waals surface area contributed by atoms with Gasteiger partial charge in [-0.2, -0.15) is 0 Å². The van der Waals surface area contributed by atoms with Crippen molar-refractivity contribution < 1.29 is 19.7 Å². The number of carboxylic acids is 1. The molecule has 0 saturated carbocycles. The molecule has 0 aliphatic heterocycles. The first kappa shape index (κ1) is 25.1. The van der Waals surface area contributed by atoms with E-state index < -0.39 is 12.1 Å². The summed E-state index contributed by atoms with van der Waals surface area (Å²) in [5, 5.41) is 22.8. The lowest BCUT2D eigenvalue weighted by Crippen LogP contribution is -2.23. The molecule has 1 atom stereocenters. The van der Waals surface area contributed by atoms with Crippen molar-refractivity contribution in [3.8, 4) is 16.9 Å². The number of rotatable bonds is 11. The third-order valence-corrected chi connectivity index (χ3v) is 4.97. The van der Waals surface area contributed by atoms with Gasteiger partial charge in [0.2, 0.25) is 0 Å². The molecule has 3 rings (SSSR count). The van der Waals surface area contributed by atoms with Crippen LogP contribution >= 0.6 is 12.4 Å². The Kier molecular flexibility index (Phi) is 9.95. The summed E-state index contributed by atoms with van der Waals surface area (Å²) in [6.07, 6.45) is 1.91. The summed E-state index contributed by atoms with van der Waals surface area (Å²) in [5.41, 5.74) is 4.09. The average Bonchev–Trinajstić information content (AvgIpc) is 2.81. The Bertz CT molecular complexity index is 1010.